The van der Waals surface area contributed by atoms with Gasteiger partial charge in [0.25, 0.3) is 0 Å². The number of nitrogens with zero attached hydrogens (tertiary/aromatic N) is 1. The standard InChI is InChI=1S/C18H23N3O.ClH/c19-10-12-21(11-9-15-5-2-1-3-6-15)14-16-7-4-8-17(13-16)18(20)22;/h1-8,13H,9-12,14,19H2,(H2,20,22);1H. The molecular formula is C18H24ClN3O. The number of carbonyl (C=O) groups excluding carboxylic acids is 1. The number of benzene rings is 2. The number of rotatable bonds is 8. The van der Waals surface area contributed by atoms with Crippen molar-refractivity contribution in [3.05, 3.63) is 71.3 Å². The lowest BCUT2D eigenvalue weighted by molar-refractivity contribution is 0.1000. The fraction of sp³-hybridized carbons (Fsp3) is 0.278. The van der Waals surface area contributed by atoms with E-state index in [0.29, 0.717) is 12.1 Å². The molecule has 0 aliphatic heterocycles. The predicted molar refractivity (Wildman–Crippen MR) is 96.7 cm³/mol. The summed E-state index contributed by atoms with van der Waals surface area (Å²) in [5.41, 5.74) is 14.0. The van der Waals surface area contributed by atoms with Crippen molar-refractivity contribution in [1.82, 2.24) is 4.90 Å². The van der Waals surface area contributed by atoms with Crippen LogP contribution >= 0.6 is 12.4 Å². The molecule has 0 saturated carbocycles. The van der Waals surface area contributed by atoms with E-state index < -0.39 is 5.91 Å². The Bertz CT molecular complexity index is 604. The van der Waals surface area contributed by atoms with Crippen LogP contribution in [0.5, 0.6) is 0 Å². The van der Waals surface area contributed by atoms with Crippen molar-refractivity contribution in [3.8, 4) is 0 Å². The number of amides is 1. The van der Waals surface area contributed by atoms with Crippen molar-refractivity contribution in [2.75, 3.05) is 19.6 Å². The van der Waals surface area contributed by atoms with Crippen LogP contribution in [0.3, 0.4) is 0 Å². The van der Waals surface area contributed by atoms with Gasteiger partial charge in [-0.1, -0.05) is 42.5 Å². The van der Waals surface area contributed by atoms with E-state index in [1.807, 2.05) is 24.3 Å². The van der Waals surface area contributed by atoms with E-state index in [0.717, 1.165) is 31.6 Å². The van der Waals surface area contributed by atoms with Gasteiger partial charge < -0.3 is 11.5 Å². The maximum Gasteiger partial charge on any atom is 0.248 e. The second kappa shape index (κ2) is 10.0. The molecule has 0 aromatic heterocycles. The highest BCUT2D eigenvalue weighted by atomic mass is 35.5. The molecule has 0 aliphatic rings. The first-order chi connectivity index (χ1) is 10.7. The highest BCUT2D eigenvalue weighted by Gasteiger charge is 2.07. The maximum absolute atomic E-state index is 11.3. The van der Waals surface area contributed by atoms with Gasteiger partial charge in [-0.25, -0.2) is 0 Å². The van der Waals surface area contributed by atoms with Gasteiger partial charge in [-0.3, -0.25) is 9.69 Å². The van der Waals surface area contributed by atoms with Crippen molar-refractivity contribution < 1.29 is 4.79 Å². The number of hydrogen-bond donors (Lipinski definition) is 2. The van der Waals surface area contributed by atoms with E-state index in [-0.39, 0.29) is 12.4 Å². The van der Waals surface area contributed by atoms with Crippen LogP contribution in [0.2, 0.25) is 0 Å². The monoisotopic (exact) mass is 333 g/mol. The molecule has 4 N–H and O–H groups in total. The van der Waals surface area contributed by atoms with Gasteiger partial charge in [-0.05, 0) is 29.7 Å². The highest BCUT2D eigenvalue weighted by Crippen LogP contribution is 2.09. The zero-order valence-corrected chi connectivity index (χ0v) is 14.0. The van der Waals surface area contributed by atoms with Crippen LogP contribution in [-0.4, -0.2) is 30.4 Å². The highest BCUT2D eigenvalue weighted by molar-refractivity contribution is 5.92. The number of primary amides is 1. The molecule has 0 bridgehead atoms. The van der Waals surface area contributed by atoms with Gasteiger partial charge in [0, 0.05) is 31.7 Å². The average molecular weight is 334 g/mol. The smallest absolute Gasteiger partial charge is 0.248 e. The third-order valence-electron chi connectivity index (χ3n) is 3.62. The van der Waals surface area contributed by atoms with Gasteiger partial charge in [0.05, 0.1) is 0 Å². The molecule has 2 aromatic carbocycles. The van der Waals surface area contributed by atoms with Gasteiger partial charge in [0.1, 0.15) is 0 Å². The Hall–Kier alpha value is -1.88. The molecular weight excluding hydrogens is 310 g/mol. The first-order valence-corrected chi connectivity index (χ1v) is 7.54. The summed E-state index contributed by atoms with van der Waals surface area (Å²) < 4.78 is 0. The molecule has 5 heteroatoms. The van der Waals surface area contributed by atoms with Crippen LogP contribution in [0.15, 0.2) is 54.6 Å². The molecule has 2 rings (SSSR count). The summed E-state index contributed by atoms with van der Waals surface area (Å²) >= 11 is 0. The minimum absolute atomic E-state index is 0. The molecule has 0 aliphatic carbocycles. The average Bonchev–Trinajstić information content (AvgIpc) is 2.54. The lowest BCUT2D eigenvalue weighted by Crippen LogP contribution is -2.31. The SMILES string of the molecule is Cl.NCCN(CCc1ccccc1)Cc1cccc(C(N)=O)c1. The van der Waals surface area contributed by atoms with Gasteiger partial charge in [-0.2, -0.15) is 0 Å². The van der Waals surface area contributed by atoms with Crippen molar-refractivity contribution in [2.45, 2.75) is 13.0 Å². The summed E-state index contributed by atoms with van der Waals surface area (Å²) in [5.74, 6) is -0.392. The molecule has 2 aromatic rings. The molecule has 0 saturated heterocycles. The van der Waals surface area contributed by atoms with Crippen LogP contribution in [-0.2, 0) is 13.0 Å². The van der Waals surface area contributed by atoms with Crippen LogP contribution in [0.25, 0.3) is 0 Å². The lowest BCUT2D eigenvalue weighted by atomic mass is 10.1. The lowest BCUT2D eigenvalue weighted by Gasteiger charge is -2.22. The Morgan fingerprint density at radius 2 is 1.65 bits per heavy atom. The molecule has 0 heterocycles. The Kier molecular flexibility index (Phi) is 8.33. The topological polar surface area (TPSA) is 72.3 Å². The Morgan fingerprint density at radius 3 is 2.30 bits per heavy atom. The Morgan fingerprint density at radius 1 is 0.957 bits per heavy atom. The van der Waals surface area contributed by atoms with Crippen molar-refractivity contribution >= 4 is 18.3 Å². The fourth-order valence-corrected chi connectivity index (χ4v) is 2.47. The van der Waals surface area contributed by atoms with Gasteiger partial charge in [0.15, 0.2) is 0 Å². The molecule has 1 amide bonds. The molecule has 23 heavy (non-hydrogen) atoms. The number of halogens is 1. The number of carbonyl (C=O) groups is 1. The minimum atomic E-state index is -0.392. The van der Waals surface area contributed by atoms with Crippen molar-refractivity contribution in [3.63, 3.8) is 0 Å². The summed E-state index contributed by atoms with van der Waals surface area (Å²) in [7, 11) is 0. The van der Waals surface area contributed by atoms with Crippen LogP contribution in [0.1, 0.15) is 21.5 Å². The summed E-state index contributed by atoms with van der Waals surface area (Å²) in [6.45, 7) is 3.14. The van der Waals surface area contributed by atoms with E-state index in [1.165, 1.54) is 5.56 Å². The normalized spacial score (nSPS) is 10.3. The minimum Gasteiger partial charge on any atom is -0.366 e. The zero-order chi connectivity index (χ0) is 15.8. The largest absolute Gasteiger partial charge is 0.366 e. The third kappa shape index (κ3) is 6.40. The fourth-order valence-electron chi connectivity index (χ4n) is 2.47. The quantitative estimate of drug-likeness (QED) is 0.778. The molecule has 0 unspecified atom stereocenters. The van der Waals surface area contributed by atoms with E-state index >= 15 is 0 Å². The molecule has 0 spiro atoms. The summed E-state index contributed by atoms with van der Waals surface area (Å²) in [4.78, 5) is 13.6. The number of hydrogen-bond acceptors (Lipinski definition) is 3. The first-order valence-electron chi connectivity index (χ1n) is 7.54. The first kappa shape index (κ1) is 19.2. The van der Waals surface area contributed by atoms with Gasteiger partial charge in [-0.15, -0.1) is 12.4 Å². The maximum atomic E-state index is 11.3. The Balaban J connectivity index is 0.00000264. The van der Waals surface area contributed by atoms with Gasteiger partial charge in [0.2, 0.25) is 5.91 Å². The molecule has 124 valence electrons. The molecule has 4 nitrogen and oxygen atoms in total. The summed E-state index contributed by atoms with van der Waals surface area (Å²) in [6.07, 6.45) is 0.982. The van der Waals surface area contributed by atoms with E-state index in [9.17, 15) is 4.79 Å². The third-order valence-corrected chi connectivity index (χ3v) is 3.62. The van der Waals surface area contributed by atoms with E-state index in [1.54, 1.807) is 6.07 Å². The van der Waals surface area contributed by atoms with E-state index in [4.69, 9.17) is 11.5 Å². The summed E-state index contributed by atoms with van der Waals surface area (Å²) in [5, 5.41) is 0. The molecule has 0 radical (unpaired) electrons. The van der Waals surface area contributed by atoms with Crippen LogP contribution < -0.4 is 11.5 Å². The number of nitrogens with two attached hydrogens (primary N) is 2. The van der Waals surface area contributed by atoms with Crippen molar-refractivity contribution in [2.24, 2.45) is 11.5 Å². The zero-order valence-electron chi connectivity index (χ0n) is 13.2. The predicted octanol–water partition coefficient (Wildman–Crippen LogP) is 2.21. The van der Waals surface area contributed by atoms with Gasteiger partial charge >= 0.3 is 0 Å². The molecule has 0 atom stereocenters. The Labute approximate surface area is 143 Å². The van der Waals surface area contributed by atoms with Crippen molar-refractivity contribution in [1.29, 1.82) is 0 Å². The van der Waals surface area contributed by atoms with Crippen LogP contribution in [0.4, 0.5) is 0 Å². The van der Waals surface area contributed by atoms with Crippen LogP contribution in [0, 0.1) is 0 Å². The second-order valence-electron chi connectivity index (χ2n) is 5.37. The molecule has 0 fully saturated rings. The summed E-state index contributed by atoms with van der Waals surface area (Å²) in [6, 6.07) is 17.9. The second-order valence-corrected chi connectivity index (χ2v) is 5.37. The van der Waals surface area contributed by atoms with E-state index in [2.05, 4.69) is 29.2 Å².